The number of halogens is 1. The molecule has 0 saturated carbocycles. The maximum absolute atomic E-state index is 10.9. The molecule has 0 spiro atoms. The third kappa shape index (κ3) is 4.12. The van der Waals surface area contributed by atoms with E-state index in [0.717, 1.165) is 0 Å². The molecule has 0 saturated heterocycles. The van der Waals surface area contributed by atoms with Gasteiger partial charge >= 0.3 is 11.9 Å². The summed E-state index contributed by atoms with van der Waals surface area (Å²) in [6, 6.07) is 0. The smallest absolute Gasteiger partial charge is 0.323 e. The van der Waals surface area contributed by atoms with Crippen LogP contribution in [0.3, 0.4) is 0 Å². The molecular formula is C8H13ClO4. The highest BCUT2D eigenvalue weighted by atomic mass is 35.5. The summed E-state index contributed by atoms with van der Waals surface area (Å²) in [6.45, 7) is 1.64. The highest BCUT2D eigenvalue weighted by molar-refractivity contribution is 6.29. The molecule has 0 fully saturated rings. The van der Waals surface area contributed by atoms with Gasteiger partial charge in [-0.3, -0.25) is 9.59 Å². The molecule has 2 unspecified atom stereocenters. The van der Waals surface area contributed by atoms with E-state index in [1.54, 1.807) is 6.92 Å². The highest BCUT2D eigenvalue weighted by Gasteiger charge is 2.23. The Balaban J connectivity index is 3.98. The molecule has 76 valence electrons. The van der Waals surface area contributed by atoms with Crippen molar-refractivity contribution in [2.45, 2.75) is 18.7 Å². The van der Waals surface area contributed by atoms with E-state index in [4.69, 9.17) is 11.6 Å². The molecule has 0 aliphatic carbocycles. The first-order valence-corrected chi connectivity index (χ1v) is 4.26. The second-order valence-electron chi connectivity index (χ2n) is 2.65. The van der Waals surface area contributed by atoms with Gasteiger partial charge in [-0.1, -0.05) is 6.92 Å². The summed E-state index contributed by atoms with van der Waals surface area (Å²) >= 11 is 5.65. The van der Waals surface area contributed by atoms with Crippen molar-refractivity contribution in [3.05, 3.63) is 0 Å². The highest BCUT2D eigenvalue weighted by Crippen LogP contribution is 2.13. The number of hydrogen-bond donors (Lipinski definition) is 0. The molecular weight excluding hydrogens is 196 g/mol. The topological polar surface area (TPSA) is 52.6 Å². The van der Waals surface area contributed by atoms with Gasteiger partial charge in [-0.2, -0.15) is 0 Å². The van der Waals surface area contributed by atoms with Crippen LogP contribution in [0, 0.1) is 5.92 Å². The Kier molecular flexibility index (Phi) is 5.46. The molecule has 0 rings (SSSR count). The third-order valence-corrected chi connectivity index (χ3v) is 1.98. The summed E-state index contributed by atoms with van der Waals surface area (Å²) in [5, 5.41) is -0.793. The van der Waals surface area contributed by atoms with Gasteiger partial charge in [0.25, 0.3) is 0 Å². The van der Waals surface area contributed by atoms with E-state index >= 15 is 0 Å². The summed E-state index contributed by atoms with van der Waals surface area (Å²) in [4.78, 5) is 21.8. The molecule has 4 nitrogen and oxygen atoms in total. The number of carbonyl (C=O) groups is 2. The maximum Gasteiger partial charge on any atom is 0.323 e. The monoisotopic (exact) mass is 208 g/mol. The molecule has 0 aliphatic rings. The van der Waals surface area contributed by atoms with Crippen molar-refractivity contribution >= 4 is 23.5 Å². The third-order valence-electron chi connectivity index (χ3n) is 1.62. The van der Waals surface area contributed by atoms with Crippen LogP contribution in [-0.4, -0.2) is 31.5 Å². The molecule has 13 heavy (non-hydrogen) atoms. The Bertz CT molecular complexity index is 173. The summed E-state index contributed by atoms with van der Waals surface area (Å²) < 4.78 is 8.88. The van der Waals surface area contributed by atoms with Crippen LogP contribution >= 0.6 is 11.6 Å². The first kappa shape index (κ1) is 12.2. The standard InChI is InChI=1S/C8H13ClO4/c1-5(7(10)12-2)4-6(9)8(11)13-3/h5-6H,4H2,1-3H3. The van der Waals surface area contributed by atoms with Gasteiger partial charge in [0.05, 0.1) is 20.1 Å². The zero-order valence-electron chi connectivity index (χ0n) is 7.87. The Morgan fingerprint density at radius 1 is 1.23 bits per heavy atom. The first-order chi connectivity index (χ1) is 6.02. The fraction of sp³-hybridized carbons (Fsp3) is 0.750. The molecule has 0 aliphatic heterocycles. The van der Waals surface area contributed by atoms with Crippen molar-refractivity contribution in [2.24, 2.45) is 5.92 Å². The minimum Gasteiger partial charge on any atom is -0.469 e. The maximum atomic E-state index is 10.9. The Labute approximate surface area is 82.1 Å². The van der Waals surface area contributed by atoms with E-state index in [0.29, 0.717) is 0 Å². The second kappa shape index (κ2) is 5.80. The molecule has 0 amide bonds. The minimum absolute atomic E-state index is 0.223. The molecule has 0 aromatic heterocycles. The van der Waals surface area contributed by atoms with Gasteiger partial charge in [-0.25, -0.2) is 0 Å². The van der Waals surface area contributed by atoms with Crippen molar-refractivity contribution in [2.75, 3.05) is 14.2 Å². The van der Waals surface area contributed by atoms with Gasteiger partial charge in [0.15, 0.2) is 0 Å². The van der Waals surface area contributed by atoms with E-state index in [1.807, 2.05) is 0 Å². The minimum atomic E-state index is -0.793. The number of rotatable bonds is 4. The lowest BCUT2D eigenvalue weighted by Crippen LogP contribution is -2.23. The zero-order valence-corrected chi connectivity index (χ0v) is 8.63. The van der Waals surface area contributed by atoms with Crippen LogP contribution in [0.2, 0.25) is 0 Å². The number of ether oxygens (including phenoxy) is 2. The summed E-state index contributed by atoms with van der Waals surface area (Å²) in [7, 11) is 2.54. The summed E-state index contributed by atoms with van der Waals surface area (Å²) in [5.74, 6) is -1.31. The second-order valence-corrected chi connectivity index (χ2v) is 3.18. The van der Waals surface area contributed by atoms with E-state index in [2.05, 4.69) is 9.47 Å². The number of hydrogen-bond acceptors (Lipinski definition) is 4. The number of methoxy groups -OCH3 is 2. The van der Waals surface area contributed by atoms with Crippen molar-refractivity contribution in [3.8, 4) is 0 Å². The van der Waals surface area contributed by atoms with Crippen LogP contribution in [0.4, 0.5) is 0 Å². The normalized spacial score (nSPS) is 14.5. The Morgan fingerprint density at radius 3 is 2.08 bits per heavy atom. The predicted molar refractivity (Wildman–Crippen MR) is 47.5 cm³/mol. The largest absolute Gasteiger partial charge is 0.469 e. The lowest BCUT2D eigenvalue weighted by Gasteiger charge is -2.11. The van der Waals surface area contributed by atoms with Crippen LogP contribution in [-0.2, 0) is 19.1 Å². The average Bonchev–Trinajstić information content (AvgIpc) is 2.14. The van der Waals surface area contributed by atoms with Crippen molar-refractivity contribution in [3.63, 3.8) is 0 Å². The van der Waals surface area contributed by atoms with Crippen LogP contribution < -0.4 is 0 Å². The van der Waals surface area contributed by atoms with Crippen LogP contribution in [0.15, 0.2) is 0 Å². The molecule has 0 aromatic rings. The van der Waals surface area contributed by atoms with Gasteiger partial charge in [0.1, 0.15) is 5.38 Å². The van der Waals surface area contributed by atoms with Gasteiger partial charge in [0, 0.05) is 0 Å². The van der Waals surface area contributed by atoms with Crippen molar-refractivity contribution in [1.82, 2.24) is 0 Å². The fourth-order valence-corrected chi connectivity index (χ4v) is 1.19. The fourth-order valence-electron chi connectivity index (χ4n) is 0.832. The number of esters is 2. The van der Waals surface area contributed by atoms with Gasteiger partial charge in [-0.05, 0) is 6.42 Å². The van der Waals surface area contributed by atoms with Crippen molar-refractivity contribution < 1.29 is 19.1 Å². The predicted octanol–water partition coefficient (Wildman–Crippen LogP) is 0.966. The molecule has 5 heteroatoms. The van der Waals surface area contributed by atoms with Gasteiger partial charge in [0.2, 0.25) is 0 Å². The van der Waals surface area contributed by atoms with E-state index in [1.165, 1.54) is 14.2 Å². The number of carbonyl (C=O) groups excluding carboxylic acids is 2. The van der Waals surface area contributed by atoms with Crippen LogP contribution in [0.5, 0.6) is 0 Å². The summed E-state index contributed by atoms with van der Waals surface area (Å²) in [6.07, 6.45) is 0.223. The number of alkyl halides is 1. The van der Waals surface area contributed by atoms with Crippen LogP contribution in [0.25, 0.3) is 0 Å². The average molecular weight is 209 g/mol. The van der Waals surface area contributed by atoms with E-state index in [-0.39, 0.29) is 12.4 Å². The van der Waals surface area contributed by atoms with Crippen molar-refractivity contribution in [1.29, 1.82) is 0 Å². The molecule has 0 radical (unpaired) electrons. The molecule has 0 N–H and O–H groups in total. The molecule has 0 bridgehead atoms. The van der Waals surface area contributed by atoms with Crippen LogP contribution in [0.1, 0.15) is 13.3 Å². The Hall–Kier alpha value is -0.770. The lowest BCUT2D eigenvalue weighted by atomic mass is 10.1. The quantitative estimate of drug-likeness (QED) is 0.510. The molecule has 2 atom stereocenters. The SMILES string of the molecule is COC(=O)C(C)CC(Cl)C(=O)OC. The molecule has 0 aromatic carbocycles. The molecule has 0 heterocycles. The lowest BCUT2D eigenvalue weighted by molar-refractivity contribution is -0.146. The Morgan fingerprint density at radius 2 is 1.69 bits per heavy atom. The van der Waals surface area contributed by atoms with Gasteiger partial charge in [-0.15, -0.1) is 11.6 Å². The zero-order chi connectivity index (χ0) is 10.4. The van der Waals surface area contributed by atoms with E-state index in [9.17, 15) is 9.59 Å². The summed E-state index contributed by atoms with van der Waals surface area (Å²) in [5.41, 5.74) is 0. The first-order valence-electron chi connectivity index (χ1n) is 3.82. The van der Waals surface area contributed by atoms with Gasteiger partial charge < -0.3 is 9.47 Å². The van der Waals surface area contributed by atoms with E-state index < -0.39 is 17.3 Å².